The molecular weight excluding hydrogens is 242 g/mol. The summed E-state index contributed by atoms with van der Waals surface area (Å²) in [7, 11) is 0. The Morgan fingerprint density at radius 3 is 2.56 bits per heavy atom. The molecule has 0 aliphatic heterocycles. The Morgan fingerprint density at radius 2 is 1.89 bits per heavy atom. The quantitative estimate of drug-likeness (QED) is 0.738. The average molecular weight is 258 g/mol. The number of benzene rings is 2. The van der Waals surface area contributed by atoms with Gasteiger partial charge >= 0.3 is 0 Å². The van der Waals surface area contributed by atoms with Gasteiger partial charge in [0.15, 0.2) is 0 Å². The highest BCUT2D eigenvalue weighted by Crippen LogP contribution is 2.24. The molecule has 0 bridgehead atoms. The molecule has 0 aliphatic carbocycles. The molecule has 1 nitrogen and oxygen atoms in total. The molecule has 2 heteroatoms. The van der Waals surface area contributed by atoms with Gasteiger partial charge in [-0.2, -0.15) is 0 Å². The first kappa shape index (κ1) is 12.7. The van der Waals surface area contributed by atoms with E-state index in [9.17, 15) is 0 Å². The fraction of sp³-hybridized carbons (Fsp3) is 0.125. The van der Waals surface area contributed by atoms with E-state index in [4.69, 9.17) is 11.6 Å². The number of anilines is 1. The SMILES string of the molecule is C=CCC(Nc1cccc(Cl)c1)c1ccccc1. The second-order valence-corrected chi connectivity index (χ2v) is 4.58. The summed E-state index contributed by atoms with van der Waals surface area (Å²) in [6.07, 6.45) is 2.80. The molecule has 1 unspecified atom stereocenters. The third-order valence-corrected chi connectivity index (χ3v) is 3.00. The van der Waals surface area contributed by atoms with Crippen LogP contribution in [0.15, 0.2) is 67.3 Å². The minimum absolute atomic E-state index is 0.224. The molecule has 0 saturated heterocycles. The van der Waals surface area contributed by atoms with Crippen molar-refractivity contribution >= 4 is 17.3 Å². The molecule has 0 heterocycles. The van der Waals surface area contributed by atoms with Crippen molar-refractivity contribution in [3.63, 3.8) is 0 Å². The highest BCUT2D eigenvalue weighted by atomic mass is 35.5. The van der Waals surface area contributed by atoms with Crippen molar-refractivity contribution in [2.45, 2.75) is 12.5 Å². The van der Waals surface area contributed by atoms with Crippen molar-refractivity contribution in [2.24, 2.45) is 0 Å². The van der Waals surface area contributed by atoms with Crippen LogP contribution in [0.25, 0.3) is 0 Å². The summed E-state index contributed by atoms with van der Waals surface area (Å²) in [5.41, 5.74) is 2.27. The van der Waals surface area contributed by atoms with Crippen LogP contribution in [-0.2, 0) is 0 Å². The van der Waals surface area contributed by atoms with E-state index in [-0.39, 0.29) is 6.04 Å². The lowest BCUT2D eigenvalue weighted by atomic mass is 10.0. The number of nitrogens with one attached hydrogen (secondary N) is 1. The fourth-order valence-corrected chi connectivity index (χ4v) is 2.10. The van der Waals surface area contributed by atoms with E-state index < -0.39 is 0 Å². The predicted molar refractivity (Wildman–Crippen MR) is 79.1 cm³/mol. The third-order valence-electron chi connectivity index (χ3n) is 2.77. The van der Waals surface area contributed by atoms with Crippen molar-refractivity contribution in [2.75, 3.05) is 5.32 Å². The normalized spacial score (nSPS) is 11.8. The van der Waals surface area contributed by atoms with Gasteiger partial charge in [-0.25, -0.2) is 0 Å². The predicted octanol–water partition coefficient (Wildman–Crippen LogP) is 5.07. The molecule has 92 valence electrons. The summed E-state index contributed by atoms with van der Waals surface area (Å²) < 4.78 is 0. The first-order valence-electron chi connectivity index (χ1n) is 5.97. The van der Waals surface area contributed by atoms with Crippen molar-refractivity contribution in [1.29, 1.82) is 0 Å². The van der Waals surface area contributed by atoms with Gasteiger partial charge < -0.3 is 5.32 Å². The second kappa shape index (κ2) is 6.27. The van der Waals surface area contributed by atoms with Gasteiger partial charge in [0.2, 0.25) is 0 Å². The van der Waals surface area contributed by atoms with Crippen LogP contribution in [0, 0.1) is 0 Å². The number of halogens is 1. The molecule has 0 aromatic heterocycles. The maximum absolute atomic E-state index is 5.99. The van der Waals surface area contributed by atoms with Crippen LogP contribution in [0.3, 0.4) is 0 Å². The van der Waals surface area contributed by atoms with Crippen LogP contribution in [0.2, 0.25) is 5.02 Å². The number of hydrogen-bond donors (Lipinski definition) is 1. The lowest BCUT2D eigenvalue weighted by Gasteiger charge is -2.19. The van der Waals surface area contributed by atoms with Crippen molar-refractivity contribution in [3.05, 3.63) is 77.8 Å². The maximum Gasteiger partial charge on any atom is 0.0548 e. The highest BCUT2D eigenvalue weighted by Gasteiger charge is 2.09. The average Bonchev–Trinajstić information content (AvgIpc) is 2.39. The van der Waals surface area contributed by atoms with E-state index in [0.717, 1.165) is 17.1 Å². The largest absolute Gasteiger partial charge is 0.378 e. The van der Waals surface area contributed by atoms with Crippen LogP contribution in [0.4, 0.5) is 5.69 Å². The maximum atomic E-state index is 5.99. The Labute approximate surface area is 113 Å². The lowest BCUT2D eigenvalue weighted by Crippen LogP contribution is -2.09. The van der Waals surface area contributed by atoms with E-state index in [0.29, 0.717) is 0 Å². The Morgan fingerprint density at radius 1 is 1.11 bits per heavy atom. The van der Waals surface area contributed by atoms with E-state index in [2.05, 4.69) is 24.0 Å². The summed E-state index contributed by atoms with van der Waals surface area (Å²) in [5, 5.41) is 4.22. The van der Waals surface area contributed by atoms with Crippen molar-refractivity contribution in [3.8, 4) is 0 Å². The molecule has 2 aromatic rings. The van der Waals surface area contributed by atoms with E-state index in [1.54, 1.807) is 0 Å². The second-order valence-electron chi connectivity index (χ2n) is 4.14. The third kappa shape index (κ3) is 3.38. The van der Waals surface area contributed by atoms with Gasteiger partial charge in [-0.1, -0.05) is 54.1 Å². The summed E-state index contributed by atoms with van der Waals surface area (Å²) in [5.74, 6) is 0. The lowest BCUT2D eigenvalue weighted by molar-refractivity contribution is 0.799. The molecule has 1 atom stereocenters. The first-order chi connectivity index (χ1) is 8.79. The molecule has 2 aromatic carbocycles. The molecule has 18 heavy (non-hydrogen) atoms. The van der Waals surface area contributed by atoms with Gasteiger partial charge in [0, 0.05) is 10.7 Å². The molecule has 0 spiro atoms. The minimum atomic E-state index is 0.224. The fourth-order valence-electron chi connectivity index (χ4n) is 1.91. The monoisotopic (exact) mass is 257 g/mol. The smallest absolute Gasteiger partial charge is 0.0548 e. The van der Waals surface area contributed by atoms with Crippen LogP contribution in [-0.4, -0.2) is 0 Å². The molecule has 1 N–H and O–H groups in total. The van der Waals surface area contributed by atoms with Gasteiger partial charge in [0.25, 0.3) is 0 Å². The summed E-state index contributed by atoms with van der Waals surface area (Å²) in [4.78, 5) is 0. The van der Waals surface area contributed by atoms with Crippen LogP contribution in [0.1, 0.15) is 18.0 Å². The Balaban J connectivity index is 2.19. The van der Waals surface area contributed by atoms with Crippen LogP contribution >= 0.6 is 11.6 Å². The Hall–Kier alpha value is -1.73. The zero-order chi connectivity index (χ0) is 12.8. The summed E-state index contributed by atoms with van der Waals surface area (Å²) in [6, 6.07) is 18.3. The number of rotatable bonds is 5. The Bertz CT molecular complexity index is 508. The molecule has 0 radical (unpaired) electrons. The first-order valence-corrected chi connectivity index (χ1v) is 6.35. The molecule has 0 saturated carbocycles. The topological polar surface area (TPSA) is 12.0 Å². The summed E-state index contributed by atoms with van der Waals surface area (Å²) >= 11 is 5.99. The van der Waals surface area contributed by atoms with Crippen molar-refractivity contribution in [1.82, 2.24) is 0 Å². The van der Waals surface area contributed by atoms with E-state index in [1.807, 2.05) is 48.5 Å². The molecule has 2 rings (SSSR count). The number of hydrogen-bond acceptors (Lipinski definition) is 1. The Kier molecular flexibility index (Phi) is 4.43. The van der Waals surface area contributed by atoms with E-state index >= 15 is 0 Å². The molecular formula is C16H16ClN. The van der Waals surface area contributed by atoms with Gasteiger partial charge in [-0.15, -0.1) is 6.58 Å². The van der Waals surface area contributed by atoms with Gasteiger partial charge in [0.1, 0.15) is 0 Å². The van der Waals surface area contributed by atoms with Gasteiger partial charge in [0.05, 0.1) is 6.04 Å². The van der Waals surface area contributed by atoms with Crippen molar-refractivity contribution < 1.29 is 0 Å². The highest BCUT2D eigenvalue weighted by molar-refractivity contribution is 6.30. The molecule has 0 aliphatic rings. The minimum Gasteiger partial charge on any atom is -0.378 e. The van der Waals surface area contributed by atoms with Gasteiger partial charge in [-0.3, -0.25) is 0 Å². The zero-order valence-corrected chi connectivity index (χ0v) is 10.9. The molecule has 0 fully saturated rings. The standard InChI is InChI=1S/C16H16ClN/c1-2-7-16(13-8-4-3-5-9-13)18-15-11-6-10-14(17)12-15/h2-6,8-12,16,18H,1,7H2. The summed E-state index contributed by atoms with van der Waals surface area (Å²) in [6.45, 7) is 3.82. The van der Waals surface area contributed by atoms with E-state index in [1.165, 1.54) is 5.56 Å². The van der Waals surface area contributed by atoms with Crippen LogP contribution in [0.5, 0.6) is 0 Å². The van der Waals surface area contributed by atoms with Gasteiger partial charge in [-0.05, 0) is 30.2 Å². The molecule has 0 amide bonds. The zero-order valence-electron chi connectivity index (χ0n) is 10.1. The van der Waals surface area contributed by atoms with Crippen LogP contribution < -0.4 is 5.32 Å².